The molecule has 1 nitrogen and oxygen atoms in total. The van der Waals surface area contributed by atoms with Crippen LogP contribution in [0.15, 0.2) is 36.4 Å². The summed E-state index contributed by atoms with van der Waals surface area (Å²) in [7, 11) is 0. The van der Waals surface area contributed by atoms with Crippen molar-refractivity contribution in [3.63, 3.8) is 0 Å². The zero-order chi connectivity index (χ0) is 27.8. The van der Waals surface area contributed by atoms with Gasteiger partial charge in [0.2, 0.25) is 0 Å². The average Bonchev–Trinajstić information content (AvgIpc) is 2.94. The molecule has 0 heterocycles. The van der Waals surface area contributed by atoms with E-state index < -0.39 is 34.9 Å². The quantitative estimate of drug-likeness (QED) is 0.145. The van der Waals surface area contributed by atoms with Crippen molar-refractivity contribution in [2.24, 2.45) is 17.8 Å². The first-order valence-corrected chi connectivity index (χ1v) is 15.1. The largest absolute Gasteiger partial charge is 0.429 e. The van der Waals surface area contributed by atoms with Crippen molar-refractivity contribution < 1.29 is 26.7 Å². The summed E-state index contributed by atoms with van der Waals surface area (Å²) < 4.78 is 73.7. The molecular formula is C33H43F5O. The highest BCUT2D eigenvalue weighted by Gasteiger charge is 2.36. The molecule has 2 fully saturated rings. The lowest BCUT2D eigenvalue weighted by Crippen LogP contribution is -2.25. The Labute approximate surface area is 230 Å². The van der Waals surface area contributed by atoms with Crippen molar-refractivity contribution in [3.8, 4) is 5.75 Å². The Morgan fingerprint density at radius 2 is 1.26 bits per heavy atom. The molecule has 0 N–H and O–H groups in total. The maximum absolute atomic E-state index is 14.6. The Morgan fingerprint density at radius 3 is 1.85 bits per heavy atom. The summed E-state index contributed by atoms with van der Waals surface area (Å²) in [6, 6.07) is 6.86. The molecule has 4 rings (SSSR count). The molecule has 39 heavy (non-hydrogen) atoms. The van der Waals surface area contributed by atoms with Gasteiger partial charge in [-0.1, -0.05) is 76.8 Å². The lowest BCUT2D eigenvalue weighted by molar-refractivity contribution is -0.185. The molecule has 2 aromatic carbocycles. The van der Waals surface area contributed by atoms with Crippen LogP contribution in [-0.2, 0) is 6.11 Å². The summed E-state index contributed by atoms with van der Waals surface area (Å²) in [6.07, 6.45) is 15.9. The Balaban J connectivity index is 1.21. The number of halogens is 5. The first-order valence-electron chi connectivity index (χ1n) is 15.1. The lowest BCUT2D eigenvalue weighted by atomic mass is 9.68. The zero-order valence-corrected chi connectivity index (χ0v) is 23.2. The predicted molar refractivity (Wildman–Crippen MR) is 145 cm³/mol. The molecule has 2 saturated carbocycles. The van der Waals surface area contributed by atoms with Gasteiger partial charge in [-0.2, -0.15) is 8.78 Å². The van der Waals surface area contributed by atoms with E-state index in [1.165, 1.54) is 95.6 Å². The van der Waals surface area contributed by atoms with Crippen LogP contribution < -0.4 is 4.74 Å². The van der Waals surface area contributed by atoms with Crippen molar-refractivity contribution in [2.45, 2.75) is 115 Å². The fraction of sp³-hybridized carbons (Fsp3) is 0.636. The summed E-state index contributed by atoms with van der Waals surface area (Å²) in [6.45, 7) is 2.26. The molecule has 6 heteroatoms. The van der Waals surface area contributed by atoms with Gasteiger partial charge in [-0.3, -0.25) is 0 Å². The molecule has 0 bridgehead atoms. The van der Waals surface area contributed by atoms with Gasteiger partial charge < -0.3 is 4.74 Å². The Bertz CT molecular complexity index is 998. The maximum Gasteiger partial charge on any atom is 0.426 e. The summed E-state index contributed by atoms with van der Waals surface area (Å²) in [5, 5.41) is 0. The monoisotopic (exact) mass is 550 g/mol. The van der Waals surface area contributed by atoms with E-state index in [1.807, 2.05) is 0 Å². The highest BCUT2D eigenvalue weighted by Crippen LogP contribution is 2.45. The van der Waals surface area contributed by atoms with Crippen molar-refractivity contribution in [1.29, 1.82) is 0 Å². The van der Waals surface area contributed by atoms with Gasteiger partial charge in [0.25, 0.3) is 0 Å². The van der Waals surface area contributed by atoms with Crippen LogP contribution in [0.1, 0.15) is 120 Å². The molecule has 0 amide bonds. The van der Waals surface area contributed by atoms with E-state index in [0.717, 1.165) is 36.2 Å². The van der Waals surface area contributed by atoms with Crippen LogP contribution in [0.2, 0.25) is 0 Å². The van der Waals surface area contributed by atoms with Gasteiger partial charge in [0.05, 0.1) is 5.56 Å². The highest BCUT2D eigenvalue weighted by atomic mass is 19.3. The second kappa shape index (κ2) is 14.0. The smallest absolute Gasteiger partial charge is 0.426 e. The molecule has 2 aliphatic carbocycles. The molecule has 0 unspecified atom stereocenters. The molecule has 2 aromatic rings. The van der Waals surface area contributed by atoms with E-state index >= 15 is 0 Å². The van der Waals surface area contributed by atoms with Gasteiger partial charge in [0, 0.05) is 12.1 Å². The van der Waals surface area contributed by atoms with Crippen molar-refractivity contribution in [2.75, 3.05) is 0 Å². The SMILES string of the molecule is CCCCCCCCC1CCC(C2CCC(c3ccc(C(F)(F)Oc4cc(F)c(F)c(F)c4)cc3)CC2)CC1. The predicted octanol–water partition coefficient (Wildman–Crippen LogP) is 11.1. The molecule has 0 saturated heterocycles. The molecule has 2 aliphatic rings. The third kappa shape index (κ3) is 8.20. The van der Waals surface area contributed by atoms with Crippen LogP contribution in [-0.4, -0.2) is 0 Å². The number of benzene rings is 2. The summed E-state index contributed by atoms with van der Waals surface area (Å²) in [4.78, 5) is 0. The fourth-order valence-corrected chi connectivity index (χ4v) is 6.83. The lowest BCUT2D eigenvalue weighted by Gasteiger charge is -2.38. The minimum Gasteiger partial charge on any atom is -0.429 e. The van der Waals surface area contributed by atoms with Gasteiger partial charge in [-0.05, 0) is 79.9 Å². The van der Waals surface area contributed by atoms with Crippen LogP contribution >= 0.6 is 0 Å². The molecule has 0 aromatic heterocycles. The minimum absolute atomic E-state index is 0.356. The Hall–Kier alpha value is -2.11. The summed E-state index contributed by atoms with van der Waals surface area (Å²) in [5.41, 5.74) is 0.623. The summed E-state index contributed by atoms with van der Waals surface area (Å²) in [5.74, 6) is -2.74. The number of hydrogen-bond donors (Lipinski definition) is 0. The Kier molecular flexibility index (Phi) is 10.7. The zero-order valence-electron chi connectivity index (χ0n) is 23.2. The number of ether oxygens (including phenoxy) is 1. The number of hydrogen-bond acceptors (Lipinski definition) is 1. The molecule has 0 aliphatic heterocycles. The second-order valence-corrected chi connectivity index (χ2v) is 11.9. The molecule has 0 radical (unpaired) electrons. The normalized spacial score (nSPS) is 24.1. The molecular weight excluding hydrogens is 507 g/mol. The number of rotatable bonds is 12. The van der Waals surface area contributed by atoms with Crippen molar-refractivity contribution in [1.82, 2.24) is 0 Å². The van der Waals surface area contributed by atoms with Crippen molar-refractivity contribution in [3.05, 3.63) is 65.0 Å². The van der Waals surface area contributed by atoms with Crippen LogP contribution in [0.4, 0.5) is 22.0 Å². The fourth-order valence-electron chi connectivity index (χ4n) is 6.83. The number of alkyl halides is 2. The molecule has 216 valence electrons. The second-order valence-electron chi connectivity index (χ2n) is 11.9. The standard InChI is InChI=1S/C33H43F5O/c1-2-3-4-5-6-7-8-23-9-11-24(12-10-23)25-13-15-26(16-14-25)27-17-19-28(20-18-27)33(37,38)39-29-21-30(34)32(36)31(35)22-29/h17-26H,2-16H2,1H3. The van der Waals surface area contributed by atoms with Crippen LogP contribution in [0.5, 0.6) is 5.75 Å². The minimum atomic E-state index is -3.80. The average molecular weight is 551 g/mol. The third-order valence-corrected chi connectivity index (χ3v) is 9.22. The van der Waals surface area contributed by atoms with Gasteiger partial charge in [-0.15, -0.1) is 0 Å². The van der Waals surface area contributed by atoms with Gasteiger partial charge in [-0.25, -0.2) is 13.2 Å². The Morgan fingerprint density at radius 1 is 0.718 bits per heavy atom. The van der Waals surface area contributed by atoms with Gasteiger partial charge in [0.1, 0.15) is 5.75 Å². The van der Waals surface area contributed by atoms with E-state index in [9.17, 15) is 22.0 Å². The van der Waals surface area contributed by atoms with E-state index in [1.54, 1.807) is 12.1 Å². The van der Waals surface area contributed by atoms with Gasteiger partial charge >= 0.3 is 6.11 Å². The number of unbranched alkanes of at least 4 members (excludes halogenated alkanes) is 5. The first kappa shape index (κ1) is 29.9. The molecule has 0 spiro atoms. The first-order chi connectivity index (χ1) is 18.8. The van der Waals surface area contributed by atoms with Crippen LogP contribution in [0, 0.1) is 35.2 Å². The maximum atomic E-state index is 14.6. The molecule has 0 atom stereocenters. The van der Waals surface area contributed by atoms with E-state index in [0.29, 0.717) is 18.1 Å². The van der Waals surface area contributed by atoms with Crippen LogP contribution in [0.25, 0.3) is 0 Å². The van der Waals surface area contributed by atoms with Crippen molar-refractivity contribution >= 4 is 0 Å². The van der Waals surface area contributed by atoms with Gasteiger partial charge in [0.15, 0.2) is 17.5 Å². The highest BCUT2D eigenvalue weighted by molar-refractivity contribution is 5.30. The summed E-state index contributed by atoms with van der Waals surface area (Å²) >= 11 is 0. The van der Waals surface area contributed by atoms with E-state index in [2.05, 4.69) is 11.7 Å². The third-order valence-electron chi connectivity index (χ3n) is 9.22. The van der Waals surface area contributed by atoms with E-state index in [4.69, 9.17) is 0 Å². The topological polar surface area (TPSA) is 9.23 Å². The van der Waals surface area contributed by atoms with E-state index in [-0.39, 0.29) is 0 Å². The van der Waals surface area contributed by atoms with Crippen LogP contribution in [0.3, 0.4) is 0 Å².